The highest BCUT2D eigenvalue weighted by Gasteiger charge is 2.43. The number of aryl methyl sites for hydroxylation is 1. The van der Waals surface area contributed by atoms with E-state index in [4.69, 9.17) is 14.8 Å². The molecule has 1 unspecified atom stereocenters. The normalized spacial score (nSPS) is 15.8. The fourth-order valence-electron chi connectivity index (χ4n) is 4.85. The number of non-ortho nitro benzene ring substituents is 1. The highest BCUT2D eigenvalue weighted by Crippen LogP contribution is 2.49. The number of carbonyl (C=O) groups excluding carboxylic acids is 1. The average molecular weight is 559 g/mol. The summed E-state index contributed by atoms with van der Waals surface area (Å²) in [6.07, 6.45) is 0. The number of rotatable bonds is 4. The Kier molecular flexibility index (Phi) is 5.30. The molecule has 2 aliphatic heterocycles. The Labute approximate surface area is 219 Å². The summed E-state index contributed by atoms with van der Waals surface area (Å²) in [4.78, 5) is 30.8. The predicted molar refractivity (Wildman–Crippen MR) is 142 cm³/mol. The second kappa shape index (κ2) is 8.56. The second-order valence-electron chi connectivity index (χ2n) is 8.57. The van der Waals surface area contributed by atoms with Crippen molar-refractivity contribution in [1.82, 2.24) is 9.78 Å². The molecule has 0 saturated carbocycles. The van der Waals surface area contributed by atoms with Crippen LogP contribution in [0.5, 0.6) is 5.75 Å². The molecule has 4 aromatic rings. The van der Waals surface area contributed by atoms with Crippen LogP contribution in [0.25, 0.3) is 5.69 Å². The number of amidine groups is 1. The molecule has 1 aromatic heterocycles. The Morgan fingerprint density at radius 1 is 1.11 bits per heavy atom. The molecular formula is C26H19BrN6O4. The van der Waals surface area contributed by atoms with Crippen molar-refractivity contribution in [2.75, 3.05) is 17.3 Å². The van der Waals surface area contributed by atoms with Gasteiger partial charge in [-0.3, -0.25) is 14.9 Å². The maximum atomic E-state index is 13.3. The molecule has 0 aliphatic carbocycles. The molecule has 3 aromatic carbocycles. The van der Waals surface area contributed by atoms with Crippen LogP contribution in [0.3, 0.4) is 0 Å². The van der Waals surface area contributed by atoms with Crippen molar-refractivity contribution in [2.24, 2.45) is 4.99 Å². The number of aromatic nitrogens is 2. The number of hydrogen-bond acceptors (Lipinski definition) is 7. The number of benzene rings is 3. The number of aliphatic imine (C=N–C) groups is 1. The number of methoxy groups -OCH3 is 1. The molecule has 2 aliphatic rings. The van der Waals surface area contributed by atoms with Gasteiger partial charge in [0.25, 0.3) is 11.6 Å². The first-order valence-electron chi connectivity index (χ1n) is 11.3. The quantitative estimate of drug-likeness (QED) is 0.263. The summed E-state index contributed by atoms with van der Waals surface area (Å²) in [7, 11) is 1.61. The summed E-state index contributed by atoms with van der Waals surface area (Å²) in [5, 5.41) is 18.9. The first-order chi connectivity index (χ1) is 17.9. The zero-order chi connectivity index (χ0) is 25.8. The van der Waals surface area contributed by atoms with Crippen LogP contribution >= 0.6 is 15.9 Å². The number of carbonyl (C=O) groups is 1. The van der Waals surface area contributed by atoms with Gasteiger partial charge in [0, 0.05) is 27.7 Å². The standard InChI is InChI=1S/C26H19BrN6O4/c1-14-22-23(18-13-15(27)7-12-21(18)37-2)31-20-6-4-3-5-19(20)28-26(34)25(31)29-24(22)32(30-14)16-8-10-17(11-9-16)33(35)36/h3-13,23H,1-2H3,(H,28,34). The topological polar surface area (TPSA) is 115 Å². The number of para-hydroxylation sites is 2. The number of halogens is 1. The highest BCUT2D eigenvalue weighted by molar-refractivity contribution is 9.10. The lowest BCUT2D eigenvalue weighted by atomic mass is 9.92. The smallest absolute Gasteiger partial charge is 0.291 e. The fraction of sp³-hybridized carbons (Fsp3) is 0.115. The number of nitrogens with one attached hydrogen (secondary N) is 1. The largest absolute Gasteiger partial charge is 0.496 e. The average Bonchev–Trinajstić information content (AvgIpc) is 3.23. The summed E-state index contributed by atoms with van der Waals surface area (Å²) in [6.45, 7) is 1.88. The molecule has 0 radical (unpaired) electrons. The number of nitro groups is 1. The molecular weight excluding hydrogens is 540 g/mol. The van der Waals surface area contributed by atoms with E-state index in [-0.39, 0.29) is 17.4 Å². The van der Waals surface area contributed by atoms with Gasteiger partial charge in [-0.25, -0.2) is 9.67 Å². The molecule has 184 valence electrons. The van der Waals surface area contributed by atoms with E-state index < -0.39 is 11.0 Å². The first kappa shape index (κ1) is 22.9. The monoisotopic (exact) mass is 558 g/mol. The molecule has 37 heavy (non-hydrogen) atoms. The minimum Gasteiger partial charge on any atom is -0.496 e. The van der Waals surface area contributed by atoms with Crippen LogP contribution in [-0.4, -0.2) is 33.6 Å². The number of nitro benzene ring substituents is 1. The molecule has 0 bridgehead atoms. The maximum Gasteiger partial charge on any atom is 0.291 e. The van der Waals surface area contributed by atoms with Gasteiger partial charge in [0.15, 0.2) is 5.82 Å². The van der Waals surface area contributed by atoms with E-state index in [1.165, 1.54) is 12.1 Å². The summed E-state index contributed by atoms with van der Waals surface area (Å²) >= 11 is 3.58. The van der Waals surface area contributed by atoms with Gasteiger partial charge in [-0.2, -0.15) is 5.10 Å². The van der Waals surface area contributed by atoms with Gasteiger partial charge < -0.3 is 15.0 Å². The molecule has 1 N–H and O–H groups in total. The summed E-state index contributed by atoms with van der Waals surface area (Å²) < 4.78 is 8.22. The Balaban J connectivity index is 1.64. The zero-order valence-electron chi connectivity index (χ0n) is 19.7. The van der Waals surface area contributed by atoms with E-state index in [9.17, 15) is 14.9 Å². The Morgan fingerprint density at radius 2 is 1.86 bits per heavy atom. The van der Waals surface area contributed by atoms with E-state index in [1.54, 1.807) is 23.9 Å². The highest BCUT2D eigenvalue weighted by atomic mass is 79.9. The molecule has 1 atom stereocenters. The summed E-state index contributed by atoms with van der Waals surface area (Å²) in [5.74, 6) is 0.976. The van der Waals surface area contributed by atoms with Gasteiger partial charge in [-0.05, 0) is 49.4 Å². The van der Waals surface area contributed by atoms with Crippen molar-refractivity contribution in [3.05, 3.63) is 98.1 Å². The molecule has 0 saturated heterocycles. The number of ether oxygens (including phenoxy) is 1. The number of fused-ring (bicyclic) bond motifs is 4. The van der Waals surface area contributed by atoms with Crippen molar-refractivity contribution in [3.8, 4) is 11.4 Å². The maximum absolute atomic E-state index is 13.3. The number of nitrogens with zero attached hydrogens (tertiary/aromatic N) is 5. The van der Waals surface area contributed by atoms with Gasteiger partial charge in [0.1, 0.15) is 5.75 Å². The molecule has 10 nitrogen and oxygen atoms in total. The van der Waals surface area contributed by atoms with E-state index >= 15 is 0 Å². The number of hydrogen-bond donors (Lipinski definition) is 1. The van der Waals surface area contributed by atoms with Crippen LogP contribution in [0.2, 0.25) is 0 Å². The van der Waals surface area contributed by atoms with Crippen molar-refractivity contribution in [2.45, 2.75) is 13.0 Å². The molecule has 1 amide bonds. The van der Waals surface area contributed by atoms with Crippen molar-refractivity contribution in [1.29, 1.82) is 0 Å². The van der Waals surface area contributed by atoms with E-state index in [0.29, 0.717) is 28.6 Å². The van der Waals surface area contributed by atoms with Crippen LogP contribution in [0.1, 0.15) is 22.9 Å². The third kappa shape index (κ3) is 3.58. The van der Waals surface area contributed by atoms with Crippen molar-refractivity contribution >= 4 is 50.6 Å². The Hall–Kier alpha value is -4.51. The second-order valence-corrected chi connectivity index (χ2v) is 9.49. The van der Waals surface area contributed by atoms with Crippen LogP contribution in [0.15, 0.2) is 76.2 Å². The molecule has 0 spiro atoms. The predicted octanol–water partition coefficient (Wildman–Crippen LogP) is 5.45. The lowest BCUT2D eigenvalue weighted by Crippen LogP contribution is -2.48. The van der Waals surface area contributed by atoms with Gasteiger partial charge in [-0.15, -0.1) is 0 Å². The van der Waals surface area contributed by atoms with Crippen molar-refractivity contribution < 1.29 is 14.5 Å². The van der Waals surface area contributed by atoms with Crippen LogP contribution < -0.4 is 15.0 Å². The SMILES string of the molecule is COc1ccc(Br)cc1C1c2c(C)nn(-c3ccc([N+](=O)[O-])cc3)c2N=C2C(=O)Nc3ccccc3N21. The van der Waals surface area contributed by atoms with Crippen LogP contribution in [0, 0.1) is 17.0 Å². The lowest BCUT2D eigenvalue weighted by Gasteiger charge is -2.40. The van der Waals surface area contributed by atoms with Gasteiger partial charge in [-0.1, -0.05) is 28.1 Å². The molecule has 6 rings (SSSR count). The molecule has 3 heterocycles. The summed E-state index contributed by atoms with van der Waals surface area (Å²) in [5.41, 5.74) is 4.34. The first-order valence-corrected chi connectivity index (χ1v) is 12.1. The Bertz CT molecular complexity index is 1630. The van der Waals surface area contributed by atoms with E-state index in [1.807, 2.05) is 54.3 Å². The fourth-order valence-corrected chi connectivity index (χ4v) is 5.23. The lowest BCUT2D eigenvalue weighted by molar-refractivity contribution is -0.384. The van der Waals surface area contributed by atoms with Gasteiger partial charge in [0.2, 0.25) is 5.84 Å². The number of anilines is 2. The molecule has 0 fully saturated rings. The third-order valence-corrected chi connectivity index (χ3v) is 6.95. The summed E-state index contributed by atoms with van der Waals surface area (Å²) in [6, 6.07) is 18.9. The van der Waals surface area contributed by atoms with E-state index in [2.05, 4.69) is 21.2 Å². The van der Waals surface area contributed by atoms with Gasteiger partial charge in [0.05, 0.1) is 40.8 Å². The number of amides is 1. The molecule has 11 heteroatoms. The van der Waals surface area contributed by atoms with Crippen LogP contribution in [-0.2, 0) is 4.79 Å². The third-order valence-electron chi connectivity index (χ3n) is 6.46. The van der Waals surface area contributed by atoms with E-state index in [0.717, 1.165) is 21.3 Å². The van der Waals surface area contributed by atoms with Gasteiger partial charge >= 0.3 is 0 Å². The minimum atomic E-state index is -0.492. The zero-order valence-corrected chi connectivity index (χ0v) is 21.3. The van der Waals surface area contributed by atoms with Crippen LogP contribution in [0.4, 0.5) is 22.9 Å². The van der Waals surface area contributed by atoms with Crippen molar-refractivity contribution in [3.63, 3.8) is 0 Å². The minimum absolute atomic E-state index is 0.0287. The Morgan fingerprint density at radius 3 is 2.59 bits per heavy atom.